The third-order valence-electron chi connectivity index (χ3n) is 2.60. The molecule has 0 saturated heterocycles. The van der Waals surface area contributed by atoms with E-state index in [1.54, 1.807) is 18.2 Å². The van der Waals surface area contributed by atoms with E-state index in [1.807, 2.05) is 0 Å². The molecular formula is C13H7BBr4O3. The summed E-state index contributed by atoms with van der Waals surface area (Å²) in [6.07, 6.45) is 0. The molecule has 1 N–H and O–H groups in total. The van der Waals surface area contributed by atoms with E-state index in [0.29, 0.717) is 25.9 Å². The van der Waals surface area contributed by atoms with Gasteiger partial charge in [0.2, 0.25) is 0 Å². The summed E-state index contributed by atoms with van der Waals surface area (Å²) in [7, 11) is 7.56. The van der Waals surface area contributed by atoms with Crippen LogP contribution in [0.15, 0.2) is 36.1 Å². The number of benzene rings is 2. The molecule has 0 amide bonds. The number of rotatable bonds is 3. The lowest BCUT2D eigenvalue weighted by Gasteiger charge is -2.17. The molecule has 0 aliphatic rings. The van der Waals surface area contributed by atoms with Crippen molar-refractivity contribution in [3.63, 3.8) is 0 Å². The third-order valence-corrected chi connectivity index (χ3v) is 5.67. The van der Waals surface area contributed by atoms with Gasteiger partial charge >= 0.3 is 0 Å². The highest BCUT2D eigenvalue weighted by Crippen LogP contribution is 2.42. The zero-order valence-corrected chi connectivity index (χ0v) is 16.9. The fourth-order valence-corrected chi connectivity index (χ4v) is 3.49. The van der Waals surface area contributed by atoms with Gasteiger partial charge in [-0.2, -0.15) is 0 Å². The van der Waals surface area contributed by atoms with Crippen molar-refractivity contribution in [1.29, 1.82) is 0 Å². The molecule has 0 unspecified atom stereocenters. The maximum atomic E-state index is 10.1. The van der Waals surface area contributed by atoms with Crippen LogP contribution in [0.5, 0.6) is 23.0 Å². The smallest absolute Gasteiger partial charge is 0.172 e. The first kappa shape index (κ1) is 17.2. The Labute approximate surface area is 156 Å². The summed E-state index contributed by atoms with van der Waals surface area (Å²) < 4.78 is 13.7. The minimum Gasteiger partial charge on any atom is -0.503 e. The second-order valence-corrected chi connectivity index (χ2v) is 7.37. The lowest BCUT2D eigenvalue weighted by molar-refractivity contribution is 0.367. The maximum Gasteiger partial charge on any atom is 0.172 e. The summed E-state index contributed by atoms with van der Waals surface area (Å²) in [5, 5.41) is 10.1. The van der Waals surface area contributed by atoms with Crippen LogP contribution in [0.25, 0.3) is 0 Å². The first-order chi connectivity index (χ1) is 9.85. The first-order valence-corrected chi connectivity index (χ1v) is 8.69. The predicted molar refractivity (Wildman–Crippen MR) is 97.4 cm³/mol. The molecule has 0 aromatic heterocycles. The van der Waals surface area contributed by atoms with Crippen LogP contribution >= 0.6 is 63.7 Å². The normalized spacial score (nSPS) is 10.5. The Kier molecular flexibility index (Phi) is 5.68. The zero-order valence-electron chi connectivity index (χ0n) is 10.6. The number of ether oxygens (including phenoxy) is 2. The van der Waals surface area contributed by atoms with Crippen molar-refractivity contribution in [3.05, 3.63) is 36.1 Å². The molecule has 0 saturated carbocycles. The molecule has 21 heavy (non-hydrogen) atoms. The van der Waals surface area contributed by atoms with Gasteiger partial charge < -0.3 is 14.6 Å². The van der Waals surface area contributed by atoms with E-state index in [9.17, 15) is 5.11 Å². The van der Waals surface area contributed by atoms with Crippen LogP contribution in [0.3, 0.4) is 0 Å². The molecule has 0 fully saturated rings. The van der Waals surface area contributed by atoms with Crippen molar-refractivity contribution in [2.75, 3.05) is 7.11 Å². The summed E-state index contributed by atoms with van der Waals surface area (Å²) in [6, 6.07) is 5.06. The van der Waals surface area contributed by atoms with Crippen LogP contribution in [-0.2, 0) is 0 Å². The van der Waals surface area contributed by atoms with E-state index in [0.717, 1.165) is 8.95 Å². The van der Waals surface area contributed by atoms with Crippen molar-refractivity contribution < 1.29 is 14.6 Å². The van der Waals surface area contributed by atoms with Crippen molar-refractivity contribution in [3.8, 4) is 23.0 Å². The molecule has 108 valence electrons. The second-order valence-electron chi connectivity index (χ2n) is 3.95. The quantitative estimate of drug-likeness (QED) is 0.554. The highest BCUT2D eigenvalue weighted by Gasteiger charge is 2.17. The third kappa shape index (κ3) is 3.60. The van der Waals surface area contributed by atoms with Gasteiger partial charge in [0.1, 0.15) is 7.85 Å². The van der Waals surface area contributed by atoms with Gasteiger partial charge in [-0.1, -0.05) is 31.9 Å². The predicted octanol–water partition coefficient (Wildman–Crippen LogP) is 5.04. The first-order valence-electron chi connectivity index (χ1n) is 5.52. The van der Waals surface area contributed by atoms with Crippen LogP contribution < -0.4 is 14.9 Å². The van der Waals surface area contributed by atoms with Gasteiger partial charge in [0.25, 0.3) is 0 Å². The lowest BCUT2D eigenvalue weighted by atomic mass is 9.94. The highest BCUT2D eigenvalue weighted by molar-refractivity contribution is 9.13. The summed E-state index contributed by atoms with van der Waals surface area (Å²) in [5.74, 6) is 0.972. The molecular weight excluding hydrogens is 535 g/mol. The Morgan fingerprint density at radius 3 is 2.29 bits per heavy atom. The second kappa shape index (κ2) is 6.94. The Balaban J connectivity index is 2.57. The van der Waals surface area contributed by atoms with Crippen molar-refractivity contribution in [2.45, 2.75) is 0 Å². The Morgan fingerprint density at radius 1 is 1.00 bits per heavy atom. The Bertz CT molecular complexity index is 707. The van der Waals surface area contributed by atoms with Crippen LogP contribution in [-0.4, -0.2) is 20.1 Å². The zero-order chi connectivity index (χ0) is 15.7. The number of aromatic hydroxyl groups is 1. The lowest BCUT2D eigenvalue weighted by Crippen LogP contribution is -2.11. The Morgan fingerprint density at radius 2 is 1.67 bits per heavy atom. The Hall–Kier alpha value is -0.175. The molecule has 0 heterocycles. The molecule has 2 radical (unpaired) electrons. The molecule has 2 aromatic rings. The molecule has 0 spiro atoms. The number of phenols is 1. The van der Waals surface area contributed by atoms with Crippen LogP contribution in [0, 0.1) is 0 Å². The highest BCUT2D eigenvalue weighted by atomic mass is 79.9. The topological polar surface area (TPSA) is 38.7 Å². The number of hydrogen-bond acceptors (Lipinski definition) is 3. The van der Waals surface area contributed by atoms with Gasteiger partial charge in [0.05, 0.1) is 11.6 Å². The number of halogens is 4. The average Bonchev–Trinajstić information content (AvgIpc) is 2.44. The largest absolute Gasteiger partial charge is 0.503 e. The molecule has 0 atom stereocenters. The van der Waals surface area contributed by atoms with Crippen LogP contribution in [0.2, 0.25) is 0 Å². The van der Waals surface area contributed by atoms with Crippen LogP contribution in [0.4, 0.5) is 0 Å². The molecule has 2 rings (SSSR count). The average molecular weight is 542 g/mol. The van der Waals surface area contributed by atoms with E-state index < -0.39 is 0 Å². The maximum absolute atomic E-state index is 10.1. The molecule has 0 aliphatic carbocycles. The summed E-state index contributed by atoms with van der Waals surface area (Å²) >= 11 is 13.3. The number of hydrogen-bond donors (Lipinski definition) is 1. The van der Waals surface area contributed by atoms with Gasteiger partial charge in [-0.25, -0.2) is 0 Å². The minimum absolute atomic E-state index is 0.0290. The minimum atomic E-state index is -0.0290. The van der Waals surface area contributed by atoms with Gasteiger partial charge in [-0.05, 0) is 55.5 Å². The van der Waals surface area contributed by atoms with Crippen molar-refractivity contribution in [1.82, 2.24) is 0 Å². The van der Waals surface area contributed by atoms with Gasteiger partial charge in [-0.15, -0.1) is 0 Å². The molecule has 0 bridgehead atoms. The monoisotopic (exact) mass is 538 g/mol. The van der Waals surface area contributed by atoms with E-state index in [-0.39, 0.29) is 11.5 Å². The summed E-state index contributed by atoms with van der Waals surface area (Å²) in [4.78, 5) is 0. The summed E-state index contributed by atoms with van der Waals surface area (Å²) in [6.45, 7) is 0. The summed E-state index contributed by atoms with van der Waals surface area (Å²) in [5.41, 5.74) is 0.358. The fraction of sp³-hybridized carbons (Fsp3) is 0.0769. The molecule has 3 nitrogen and oxygen atoms in total. The standard InChI is InChI=1S/C13H7BBr4O3/c1-20-9-4-6(16)11(18)10(14)13(9)21-8-3-5(15)2-7(17)12(8)19/h2-4,19H,1H3. The van der Waals surface area contributed by atoms with E-state index in [1.165, 1.54) is 7.11 Å². The van der Waals surface area contributed by atoms with Crippen molar-refractivity contribution >= 4 is 77.0 Å². The van der Waals surface area contributed by atoms with Gasteiger partial charge in [0.15, 0.2) is 23.0 Å². The molecule has 0 aliphatic heterocycles. The molecule has 2 aromatic carbocycles. The SMILES string of the molecule is [B]c1c(Br)c(Br)cc(OC)c1Oc1cc(Br)cc(Br)c1O. The van der Waals surface area contributed by atoms with Gasteiger partial charge in [-0.3, -0.25) is 0 Å². The molecule has 8 heteroatoms. The van der Waals surface area contributed by atoms with Crippen LogP contribution in [0.1, 0.15) is 0 Å². The number of methoxy groups -OCH3 is 1. The number of phenolic OH excluding ortho intramolecular Hbond substituents is 1. The fourth-order valence-electron chi connectivity index (χ4n) is 1.59. The van der Waals surface area contributed by atoms with Gasteiger partial charge in [0, 0.05) is 13.4 Å². The van der Waals surface area contributed by atoms with Crippen molar-refractivity contribution in [2.24, 2.45) is 0 Å². The van der Waals surface area contributed by atoms with E-state index in [2.05, 4.69) is 63.7 Å². The van der Waals surface area contributed by atoms with E-state index >= 15 is 0 Å². The van der Waals surface area contributed by atoms with E-state index in [4.69, 9.17) is 17.3 Å².